The number of carbonyl (C=O) groups is 4. The van der Waals surface area contributed by atoms with Crippen molar-refractivity contribution in [3.05, 3.63) is 0 Å². The maximum atomic E-state index is 13.1. The maximum Gasteiger partial charge on any atom is 0.472 e. The minimum absolute atomic E-state index is 0.109. The van der Waals surface area contributed by atoms with Gasteiger partial charge in [-0.3, -0.25) is 37.3 Å². The summed E-state index contributed by atoms with van der Waals surface area (Å²) in [6.45, 7) is 5.06. The fraction of sp³-hybridized carbons (Fsp3) is 0.953. The molecular weight excluding hydrogens is 1370 g/mol. The summed E-state index contributed by atoms with van der Waals surface area (Å²) in [5, 5.41) is 10.7. The lowest BCUT2D eigenvalue weighted by atomic mass is 10.0. The predicted molar refractivity (Wildman–Crippen MR) is 432 cm³/mol. The first-order valence-electron chi connectivity index (χ1n) is 44.8. The molecule has 0 rings (SSSR count). The summed E-state index contributed by atoms with van der Waals surface area (Å²) in [5.74, 6) is -2.10. The zero-order valence-corrected chi connectivity index (χ0v) is 70.5. The number of esters is 4. The predicted octanol–water partition coefficient (Wildman–Crippen LogP) is 26.5. The van der Waals surface area contributed by atoms with Gasteiger partial charge in [-0.05, 0) is 25.7 Å². The molecule has 0 aromatic carbocycles. The van der Waals surface area contributed by atoms with Crippen LogP contribution in [0, 0.1) is 0 Å². The van der Waals surface area contributed by atoms with E-state index in [1.165, 1.54) is 302 Å². The third-order valence-corrected chi connectivity index (χ3v) is 22.3. The molecule has 0 fully saturated rings. The second-order valence-electron chi connectivity index (χ2n) is 30.9. The van der Waals surface area contributed by atoms with E-state index in [4.69, 9.17) is 37.0 Å². The quantitative estimate of drug-likeness (QED) is 0.0222. The molecule has 0 aliphatic carbocycles. The molecule has 19 heteroatoms. The Kier molecular flexibility index (Phi) is 78.6. The lowest BCUT2D eigenvalue weighted by Crippen LogP contribution is -2.30. The molecular formula is C86H168O17P2. The molecule has 0 aromatic rings. The zero-order valence-electron chi connectivity index (χ0n) is 68.7. The van der Waals surface area contributed by atoms with Crippen LogP contribution in [0.4, 0.5) is 0 Å². The van der Waals surface area contributed by atoms with E-state index in [9.17, 15) is 43.2 Å². The number of unbranched alkanes of at least 4 members (excludes halogenated alkanes) is 61. The van der Waals surface area contributed by atoms with Gasteiger partial charge in [0.1, 0.15) is 19.3 Å². The van der Waals surface area contributed by atoms with Gasteiger partial charge in [-0.25, -0.2) is 9.13 Å². The molecule has 3 N–H and O–H groups in total. The van der Waals surface area contributed by atoms with Crippen LogP contribution in [0.25, 0.3) is 0 Å². The highest BCUT2D eigenvalue weighted by Crippen LogP contribution is 2.45. The largest absolute Gasteiger partial charge is 0.472 e. The van der Waals surface area contributed by atoms with Crippen LogP contribution < -0.4 is 0 Å². The summed E-state index contributed by atoms with van der Waals surface area (Å²) in [7, 11) is -9.92. The van der Waals surface area contributed by atoms with Crippen molar-refractivity contribution >= 4 is 39.5 Å². The Hall–Kier alpha value is -1.94. The molecule has 0 amide bonds. The summed E-state index contributed by atoms with van der Waals surface area (Å²) in [4.78, 5) is 73.2. The topological polar surface area (TPSA) is 237 Å². The van der Waals surface area contributed by atoms with Crippen molar-refractivity contribution in [1.82, 2.24) is 0 Å². The number of carbonyl (C=O) groups excluding carboxylic acids is 4. The number of rotatable bonds is 87. The second kappa shape index (κ2) is 80.1. The highest BCUT2D eigenvalue weighted by molar-refractivity contribution is 7.47. The van der Waals surface area contributed by atoms with E-state index in [1.54, 1.807) is 0 Å². The maximum absolute atomic E-state index is 13.1. The number of aliphatic hydroxyl groups excluding tert-OH is 1. The van der Waals surface area contributed by atoms with Crippen LogP contribution >= 0.6 is 15.6 Å². The fourth-order valence-electron chi connectivity index (χ4n) is 13.5. The van der Waals surface area contributed by atoms with Crippen molar-refractivity contribution < 1.29 is 80.2 Å². The summed E-state index contributed by atoms with van der Waals surface area (Å²) in [6, 6.07) is 0. The average Bonchev–Trinajstić information content (AvgIpc) is 0.930. The first-order chi connectivity index (χ1) is 51.2. The molecule has 0 heterocycles. The minimum atomic E-state index is -4.96. The summed E-state index contributed by atoms with van der Waals surface area (Å²) in [5.41, 5.74) is 0. The molecule has 17 nitrogen and oxygen atoms in total. The van der Waals surface area contributed by atoms with Crippen LogP contribution in [0.15, 0.2) is 0 Å². The number of hydrogen-bond acceptors (Lipinski definition) is 15. The Bertz CT molecular complexity index is 1980. The van der Waals surface area contributed by atoms with Gasteiger partial charge >= 0.3 is 39.5 Å². The lowest BCUT2D eigenvalue weighted by molar-refractivity contribution is -0.161. The highest BCUT2D eigenvalue weighted by Gasteiger charge is 2.30. The Labute approximate surface area is 645 Å². The lowest BCUT2D eigenvalue weighted by Gasteiger charge is -2.21. The normalized spacial score (nSPS) is 13.7. The van der Waals surface area contributed by atoms with Crippen LogP contribution in [-0.4, -0.2) is 96.7 Å². The number of ether oxygens (including phenoxy) is 4. The highest BCUT2D eigenvalue weighted by atomic mass is 31.2. The van der Waals surface area contributed by atoms with Gasteiger partial charge in [-0.15, -0.1) is 0 Å². The van der Waals surface area contributed by atoms with Crippen LogP contribution in [0.2, 0.25) is 0 Å². The van der Waals surface area contributed by atoms with E-state index in [-0.39, 0.29) is 25.7 Å². The van der Waals surface area contributed by atoms with Crippen LogP contribution in [0.5, 0.6) is 0 Å². The van der Waals surface area contributed by atoms with Gasteiger partial charge in [0.25, 0.3) is 0 Å². The van der Waals surface area contributed by atoms with Gasteiger partial charge in [0.2, 0.25) is 0 Å². The summed E-state index contributed by atoms with van der Waals surface area (Å²) >= 11 is 0. The van der Waals surface area contributed by atoms with Crippen LogP contribution in [-0.2, 0) is 65.4 Å². The van der Waals surface area contributed by atoms with Crippen molar-refractivity contribution in [3.63, 3.8) is 0 Å². The molecule has 0 aliphatic rings. The van der Waals surface area contributed by atoms with E-state index in [1.807, 2.05) is 0 Å². The fourth-order valence-corrected chi connectivity index (χ4v) is 15.1. The third-order valence-electron chi connectivity index (χ3n) is 20.4. The first kappa shape index (κ1) is 103. The van der Waals surface area contributed by atoms with E-state index < -0.39 is 97.5 Å². The molecule has 624 valence electrons. The first-order valence-corrected chi connectivity index (χ1v) is 47.8. The van der Waals surface area contributed by atoms with Crippen LogP contribution in [0.1, 0.15) is 471 Å². The summed E-state index contributed by atoms with van der Waals surface area (Å²) < 4.78 is 68.9. The molecule has 2 unspecified atom stereocenters. The van der Waals surface area contributed by atoms with Crippen molar-refractivity contribution in [2.45, 2.75) is 489 Å². The standard InChI is InChI=1S/C86H168O17P2/c1-5-9-13-17-21-25-29-33-36-38-39-40-41-42-44-46-49-53-57-61-65-69-73-86(91)103-82(77-97-84(89)71-67-63-59-55-51-48-45-43-37-34-30-26-22-18-14-10-6-2)79-101-105(94,95)99-75-80(87)74-98-104(92,93)100-78-81(76-96-83(88)70-66-62-58-54-50-32-28-24-20-16-12-8-4)102-85(90)72-68-64-60-56-52-47-35-31-27-23-19-15-11-7-3/h80-82,87H,5-79H2,1-4H3,(H,92,93)(H,94,95)/t80-,81+,82+/m0/s1. The van der Waals surface area contributed by atoms with Gasteiger partial charge in [0, 0.05) is 25.7 Å². The van der Waals surface area contributed by atoms with Gasteiger partial charge in [0.15, 0.2) is 12.2 Å². The molecule has 0 spiro atoms. The summed E-state index contributed by atoms with van der Waals surface area (Å²) in [6.07, 6.45) is 74.9. The Morgan fingerprint density at radius 2 is 0.381 bits per heavy atom. The van der Waals surface area contributed by atoms with Crippen molar-refractivity contribution in [2.24, 2.45) is 0 Å². The molecule has 105 heavy (non-hydrogen) atoms. The zero-order chi connectivity index (χ0) is 76.7. The molecule has 0 radical (unpaired) electrons. The number of phosphoric ester groups is 2. The monoisotopic (exact) mass is 1540 g/mol. The Balaban J connectivity index is 5.23. The van der Waals surface area contributed by atoms with E-state index in [0.29, 0.717) is 25.7 Å². The van der Waals surface area contributed by atoms with Gasteiger partial charge in [-0.2, -0.15) is 0 Å². The van der Waals surface area contributed by atoms with Gasteiger partial charge < -0.3 is 33.8 Å². The molecule has 0 aromatic heterocycles. The average molecular weight is 1540 g/mol. The van der Waals surface area contributed by atoms with Crippen molar-refractivity contribution in [2.75, 3.05) is 39.6 Å². The van der Waals surface area contributed by atoms with Gasteiger partial charge in [-0.1, -0.05) is 419 Å². The molecule has 0 saturated carbocycles. The molecule has 0 bridgehead atoms. The molecule has 0 aliphatic heterocycles. The Morgan fingerprint density at radius 3 is 0.562 bits per heavy atom. The SMILES string of the molecule is CCCCCCCCCCCCCCCCCCCCCCCCC(=O)O[C@H](COC(=O)CCCCCCCCCCCCCCCCCCC)COP(=O)(O)OC[C@@H](O)COP(=O)(O)OC[C@@H](COC(=O)CCCCCCCCCCCCCC)OC(=O)CCCCCCCCCCCCCCCC. The Morgan fingerprint density at radius 1 is 0.229 bits per heavy atom. The molecule has 0 saturated heterocycles. The number of aliphatic hydroxyl groups is 1. The van der Waals surface area contributed by atoms with E-state index in [0.717, 1.165) is 89.9 Å². The molecule has 5 atom stereocenters. The van der Waals surface area contributed by atoms with Crippen LogP contribution in [0.3, 0.4) is 0 Å². The number of phosphoric acid groups is 2. The third kappa shape index (κ3) is 79.9. The second-order valence-corrected chi connectivity index (χ2v) is 33.8. The van der Waals surface area contributed by atoms with Gasteiger partial charge in [0.05, 0.1) is 26.4 Å². The van der Waals surface area contributed by atoms with Crippen molar-refractivity contribution in [3.8, 4) is 0 Å². The van der Waals surface area contributed by atoms with Crippen molar-refractivity contribution in [1.29, 1.82) is 0 Å². The smallest absolute Gasteiger partial charge is 0.462 e. The van der Waals surface area contributed by atoms with E-state index in [2.05, 4.69) is 27.7 Å². The van der Waals surface area contributed by atoms with E-state index >= 15 is 0 Å². The number of hydrogen-bond donors (Lipinski definition) is 3. The minimum Gasteiger partial charge on any atom is -0.462 e.